The lowest BCUT2D eigenvalue weighted by Gasteiger charge is -2.57. The van der Waals surface area contributed by atoms with E-state index in [1.54, 1.807) is 7.11 Å². The van der Waals surface area contributed by atoms with Gasteiger partial charge in [0.2, 0.25) is 0 Å². The maximum atomic E-state index is 11.5. The van der Waals surface area contributed by atoms with Crippen LogP contribution in [0.3, 0.4) is 0 Å². The first-order valence-corrected chi connectivity index (χ1v) is 11.6. The molecule has 2 fully saturated rings. The number of piperidine rings is 1. The van der Waals surface area contributed by atoms with E-state index >= 15 is 0 Å². The van der Waals surface area contributed by atoms with Crippen molar-refractivity contribution in [3.8, 4) is 11.5 Å². The van der Waals surface area contributed by atoms with Crippen LogP contribution in [-0.4, -0.2) is 101 Å². The van der Waals surface area contributed by atoms with Gasteiger partial charge >= 0.3 is 5.97 Å². The monoisotopic (exact) mass is 475 g/mol. The largest absolute Gasteiger partial charge is 0.493 e. The zero-order chi connectivity index (χ0) is 23.9. The van der Waals surface area contributed by atoms with Crippen molar-refractivity contribution in [2.24, 2.45) is 5.92 Å². The Balaban J connectivity index is 1.39. The molecule has 4 N–H and O–H groups in total. The number of ether oxygens (including phenoxy) is 4. The van der Waals surface area contributed by atoms with E-state index in [2.05, 4.69) is 24.1 Å². The number of nitrogens with zero attached hydrogens (tertiary/aromatic N) is 1. The van der Waals surface area contributed by atoms with E-state index in [4.69, 9.17) is 18.9 Å². The molecule has 1 aromatic carbocycles. The number of benzene rings is 1. The molecule has 0 aromatic heterocycles. The van der Waals surface area contributed by atoms with Gasteiger partial charge in [-0.3, -0.25) is 0 Å². The van der Waals surface area contributed by atoms with Gasteiger partial charge in [-0.25, -0.2) is 4.79 Å². The molecule has 1 aromatic rings. The molecule has 2 saturated heterocycles. The summed E-state index contributed by atoms with van der Waals surface area (Å²) in [5.74, 6) is 0.0951. The highest BCUT2D eigenvalue weighted by Crippen LogP contribution is 2.62. The van der Waals surface area contributed by atoms with Crippen molar-refractivity contribution >= 4 is 5.97 Å². The van der Waals surface area contributed by atoms with Crippen LogP contribution < -0.4 is 9.47 Å². The molecule has 184 valence electrons. The Morgan fingerprint density at radius 3 is 2.71 bits per heavy atom. The van der Waals surface area contributed by atoms with E-state index in [0.717, 1.165) is 24.9 Å². The molecule has 2 aliphatic carbocycles. The van der Waals surface area contributed by atoms with Crippen LogP contribution in [0.4, 0.5) is 0 Å². The Morgan fingerprint density at radius 1 is 1.18 bits per heavy atom. The second-order valence-corrected chi connectivity index (χ2v) is 9.96. The van der Waals surface area contributed by atoms with Crippen molar-refractivity contribution in [2.75, 3.05) is 20.7 Å². The van der Waals surface area contributed by atoms with E-state index < -0.39 is 48.9 Å². The molecule has 10 heteroatoms. The van der Waals surface area contributed by atoms with Gasteiger partial charge in [0.25, 0.3) is 0 Å². The summed E-state index contributed by atoms with van der Waals surface area (Å²) in [5, 5.41) is 40.1. The number of aliphatic carboxylic acids is 1. The number of carbonyl (C=O) groups is 1. The van der Waals surface area contributed by atoms with Crippen LogP contribution in [0.25, 0.3) is 0 Å². The van der Waals surface area contributed by atoms with Gasteiger partial charge < -0.3 is 44.3 Å². The number of carboxylic acid groups (broad SMARTS) is 1. The molecule has 0 radical (unpaired) electrons. The summed E-state index contributed by atoms with van der Waals surface area (Å²) < 4.78 is 23.7. The number of methoxy groups -OCH3 is 1. The summed E-state index contributed by atoms with van der Waals surface area (Å²) in [6, 6.07) is 4.32. The number of hydrogen-bond acceptors (Lipinski definition) is 9. The molecule has 10 nitrogen and oxygen atoms in total. The van der Waals surface area contributed by atoms with E-state index in [9.17, 15) is 25.2 Å². The van der Waals surface area contributed by atoms with Gasteiger partial charge in [0, 0.05) is 22.9 Å². The lowest BCUT2D eigenvalue weighted by Crippen LogP contribution is -2.66. The summed E-state index contributed by atoms with van der Waals surface area (Å²) >= 11 is 0. The highest BCUT2D eigenvalue weighted by Gasteiger charge is 2.65. The molecule has 0 amide bonds. The molecule has 0 unspecified atom stereocenters. The van der Waals surface area contributed by atoms with Gasteiger partial charge in [-0.1, -0.05) is 18.2 Å². The minimum Gasteiger partial charge on any atom is -0.493 e. The Labute approximate surface area is 196 Å². The fraction of sp³-hybridized carbons (Fsp3) is 0.625. The van der Waals surface area contributed by atoms with Gasteiger partial charge in [-0.15, -0.1) is 0 Å². The number of carboxylic acids is 1. The minimum absolute atomic E-state index is 0.188. The summed E-state index contributed by atoms with van der Waals surface area (Å²) in [4.78, 5) is 13.9. The Hall–Kier alpha value is -2.21. The molecule has 6 rings (SSSR count). The lowest BCUT2D eigenvalue weighted by molar-refractivity contribution is -0.307. The van der Waals surface area contributed by atoms with Crippen molar-refractivity contribution in [3.63, 3.8) is 0 Å². The van der Waals surface area contributed by atoms with Crippen molar-refractivity contribution in [3.05, 3.63) is 35.4 Å². The van der Waals surface area contributed by atoms with Crippen LogP contribution in [-0.2, 0) is 26.1 Å². The van der Waals surface area contributed by atoms with Crippen molar-refractivity contribution in [2.45, 2.75) is 67.2 Å². The maximum Gasteiger partial charge on any atom is 0.335 e. The first-order valence-electron chi connectivity index (χ1n) is 11.6. The average molecular weight is 475 g/mol. The zero-order valence-corrected chi connectivity index (χ0v) is 18.9. The highest BCUT2D eigenvalue weighted by atomic mass is 16.7. The summed E-state index contributed by atoms with van der Waals surface area (Å²) in [6.07, 6.45) is -3.69. The third-order valence-electron chi connectivity index (χ3n) is 8.44. The molecule has 34 heavy (non-hydrogen) atoms. The Morgan fingerprint density at radius 2 is 1.97 bits per heavy atom. The highest BCUT2D eigenvalue weighted by molar-refractivity contribution is 5.73. The smallest absolute Gasteiger partial charge is 0.335 e. The predicted molar refractivity (Wildman–Crippen MR) is 116 cm³/mol. The molecular formula is C24H29NO9. The van der Waals surface area contributed by atoms with Gasteiger partial charge in [0.15, 0.2) is 23.9 Å². The number of likely N-dealkylation sites (tertiary alicyclic amines) is 1. The Kier molecular flexibility index (Phi) is 5.01. The number of aliphatic hydroxyl groups excluding tert-OH is 3. The normalized spacial score (nSPS) is 44.3. The average Bonchev–Trinajstić information content (AvgIpc) is 3.17. The van der Waals surface area contributed by atoms with Crippen LogP contribution in [0.2, 0.25) is 0 Å². The van der Waals surface area contributed by atoms with Crippen LogP contribution in [0.1, 0.15) is 17.5 Å². The SMILES string of the molecule is COc1ccc2c3c1O[C@H]1[C@@H](O[C@@H]4O[C@H](C(=O)O)[C@@H](O)[C@H](O)[C@H]4O)C=C[C@H]4[C@H](C2)N(C)CC[C@@]341. The first-order chi connectivity index (χ1) is 16.3. The third-order valence-corrected chi connectivity index (χ3v) is 8.44. The fourth-order valence-corrected chi connectivity index (χ4v) is 6.81. The van der Waals surface area contributed by atoms with E-state index in [0.29, 0.717) is 17.5 Å². The maximum absolute atomic E-state index is 11.5. The molecule has 3 aliphatic heterocycles. The minimum atomic E-state index is -1.77. The van der Waals surface area contributed by atoms with Crippen LogP contribution in [0.5, 0.6) is 11.5 Å². The topological polar surface area (TPSA) is 138 Å². The number of hydrogen-bond donors (Lipinski definition) is 4. The molecule has 3 heterocycles. The number of rotatable bonds is 4. The van der Waals surface area contributed by atoms with Crippen LogP contribution in [0, 0.1) is 5.92 Å². The Bertz CT molecular complexity index is 1050. The van der Waals surface area contributed by atoms with Gasteiger partial charge in [0.1, 0.15) is 30.5 Å². The van der Waals surface area contributed by atoms with E-state index in [1.807, 2.05) is 12.1 Å². The lowest BCUT2D eigenvalue weighted by atomic mass is 9.53. The molecule has 2 bridgehead atoms. The van der Waals surface area contributed by atoms with Crippen LogP contribution >= 0.6 is 0 Å². The molecule has 10 atom stereocenters. The fourth-order valence-electron chi connectivity index (χ4n) is 6.81. The second kappa shape index (κ2) is 7.64. The first kappa shape index (κ1) is 22.3. The number of likely N-dealkylation sites (N-methyl/N-ethyl adjacent to an activating group) is 1. The van der Waals surface area contributed by atoms with Gasteiger partial charge in [-0.05, 0) is 38.1 Å². The molecular weight excluding hydrogens is 446 g/mol. The molecule has 0 saturated carbocycles. The third kappa shape index (κ3) is 2.81. The summed E-state index contributed by atoms with van der Waals surface area (Å²) in [6.45, 7) is 0.881. The standard InChI is InChI=1S/C24H29NO9/c1-25-8-7-24-11-4-6-14(32-23-18(28)16(26)17(27)20(34-23)22(29)30)21(24)33-19-13(31-2)5-3-10(15(19)24)9-12(11)25/h3-6,11-12,14,16-18,20-21,23,26-28H,7-9H2,1-2H3,(H,29,30)/t11-,12-,14-,16-,17-,18+,20-,21-,23+,24-/m0/s1. The van der Waals surface area contributed by atoms with Crippen molar-refractivity contribution in [1.29, 1.82) is 0 Å². The van der Waals surface area contributed by atoms with E-state index in [-0.39, 0.29) is 11.3 Å². The summed E-state index contributed by atoms with van der Waals surface area (Å²) in [5.41, 5.74) is 2.00. The zero-order valence-electron chi connectivity index (χ0n) is 18.9. The van der Waals surface area contributed by atoms with E-state index in [1.165, 1.54) is 5.56 Å². The second-order valence-electron chi connectivity index (χ2n) is 9.96. The van der Waals surface area contributed by atoms with Crippen molar-refractivity contribution in [1.82, 2.24) is 4.90 Å². The molecule has 1 spiro atoms. The molecule has 5 aliphatic rings. The predicted octanol–water partition coefficient (Wildman–Crippen LogP) is -0.582. The number of aliphatic hydroxyl groups is 3. The summed E-state index contributed by atoms with van der Waals surface area (Å²) in [7, 11) is 3.75. The van der Waals surface area contributed by atoms with Gasteiger partial charge in [-0.2, -0.15) is 0 Å². The quantitative estimate of drug-likeness (QED) is 0.418. The van der Waals surface area contributed by atoms with Crippen LogP contribution in [0.15, 0.2) is 24.3 Å². The van der Waals surface area contributed by atoms with Crippen molar-refractivity contribution < 1.29 is 44.2 Å². The van der Waals surface area contributed by atoms with Gasteiger partial charge in [0.05, 0.1) is 7.11 Å².